The number of aliphatic carboxylic acids is 1. The number of carboxylic acids is 1. The van der Waals surface area contributed by atoms with Crippen molar-refractivity contribution in [2.45, 2.75) is 6.54 Å². The van der Waals surface area contributed by atoms with Gasteiger partial charge in [0.15, 0.2) is 0 Å². The smallest absolute Gasteiger partial charge is 0.328 e. The zero-order valence-electron chi connectivity index (χ0n) is 10.9. The van der Waals surface area contributed by atoms with Crippen molar-refractivity contribution in [3.8, 4) is 0 Å². The molecule has 0 fully saturated rings. The van der Waals surface area contributed by atoms with E-state index >= 15 is 0 Å². The van der Waals surface area contributed by atoms with Crippen molar-refractivity contribution in [3.05, 3.63) is 63.6 Å². The van der Waals surface area contributed by atoms with Gasteiger partial charge in [0.05, 0.1) is 4.88 Å². The second kappa shape index (κ2) is 6.81. The van der Waals surface area contributed by atoms with E-state index in [1.165, 1.54) is 23.5 Å². The molecule has 0 unspecified atom stereocenters. The van der Waals surface area contributed by atoms with Crippen molar-refractivity contribution in [2.24, 2.45) is 0 Å². The monoisotopic (exact) mass is 305 g/mol. The number of carboxylic acid groups (broad SMARTS) is 1. The van der Waals surface area contributed by atoms with E-state index in [9.17, 15) is 14.0 Å². The van der Waals surface area contributed by atoms with Gasteiger partial charge < -0.3 is 10.4 Å². The van der Waals surface area contributed by atoms with E-state index in [1.54, 1.807) is 29.6 Å². The van der Waals surface area contributed by atoms with Gasteiger partial charge in [0, 0.05) is 18.2 Å². The van der Waals surface area contributed by atoms with Gasteiger partial charge in [-0.05, 0) is 29.2 Å². The molecule has 0 saturated carbocycles. The largest absolute Gasteiger partial charge is 0.478 e. The number of rotatable bonds is 5. The lowest BCUT2D eigenvalue weighted by atomic mass is 10.2. The number of hydrogen-bond donors (Lipinski definition) is 2. The van der Waals surface area contributed by atoms with Crippen molar-refractivity contribution in [2.75, 3.05) is 0 Å². The Bertz CT molecular complexity index is 694. The standard InChI is InChI=1S/C15H12FNO3S/c16-12-4-2-1-3-11(12)9-17-15(20)14-10(7-8-21-14)5-6-13(18)19/h1-8H,9H2,(H,17,20)(H,18,19). The van der Waals surface area contributed by atoms with Gasteiger partial charge in [-0.2, -0.15) is 0 Å². The van der Waals surface area contributed by atoms with Gasteiger partial charge >= 0.3 is 5.97 Å². The van der Waals surface area contributed by atoms with Gasteiger partial charge in [-0.1, -0.05) is 18.2 Å². The van der Waals surface area contributed by atoms with E-state index in [-0.39, 0.29) is 18.3 Å². The first-order valence-corrected chi connectivity index (χ1v) is 6.96. The summed E-state index contributed by atoms with van der Waals surface area (Å²) in [6, 6.07) is 7.84. The van der Waals surface area contributed by atoms with Gasteiger partial charge in [-0.25, -0.2) is 9.18 Å². The SMILES string of the molecule is O=C(O)C=Cc1ccsc1C(=O)NCc1ccccc1F. The minimum absolute atomic E-state index is 0.0749. The van der Waals surface area contributed by atoms with E-state index in [0.717, 1.165) is 6.08 Å². The molecule has 2 rings (SSSR count). The normalized spacial score (nSPS) is 10.7. The minimum atomic E-state index is -1.08. The van der Waals surface area contributed by atoms with Crippen LogP contribution >= 0.6 is 11.3 Å². The molecule has 0 bridgehead atoms. The Morgan fingerprint density at radius 3 is 2.76 bits per heavy atom. The zero-order valence-corrected chi connectivity index (χ0v) is 11.7. The number of halogens is 1. The molecule has 108 valence electrons. The molecule has 1 aromatic heterocycles. The van der Waals surface area contributed by atoms with Crippen molar-refractivity contribution in [1.82, 2.24) is 5.32 Å². The van der Waals surface area contributed by atoms with Crippen LogP contribution in [-0.4, -0.2) is 17.0 Å². The Kier molecular flexibility index (Phi) is 4.84. The van der Waals surface area contributed by atoms with Gasteiger partial charge in [-0.15, -0.1) is 11.3 Å². The molecule has 1 aromatic carbocycles. The number of carbonyl (C=O) groups is 2. The lowest BCUT2D eigenvalue weighted by Gasteiger charge is -2.05. The van der Waals surface area contributed by atoms with Crippen LogP contribution in [-0.2, 0) is 11.3 Å². The second-order valence-corrected chi connectivity index (χ2v) is 5.07. The molecule has 0 spiro atoms. The van der Waals surface area contributed by atoms with Crippen LogP contribution in [0, 0.1) is 5.82 Å². The van der Waals surface area contributed by atoms with Crippen molar-refractivity contribution < 1.29 is 19.1 Å². The van der Waals surface area contributed by atoms with Crippen LogP contribution in [0.25, 0.3) is 6.08 Å². The molecule has 0 atom stereocenters. The number of benzene rings is 1. The highest BCUT2D eigenvalue weighted by atomic mass is 32.1. The van der Waals surface area contributed by atoms with Crippen LogP contribution in [0.4, 0.5) is 4.39 Å². The quantitative estimate of drug-likeness (QED) is 0.835. The van der Waals surface area contributed by atoms with E-state index in [4.69, 9.17) is 5.11 Å². The predicted molar refractivity (Wildman–Crippen MR) is 78.6 cm³/mol. The van der Waals surface area contributed by atoms with Gasteiger partial charge in [-0.3, -0.25) is 4.79 Å². The van der Waals surface area contributed by atoms with Crippen LogP contribution < -0.4 is 5.32 Å². The fraction of sp³-hybridized carbons (Fsp3) is 0.0667. The summed E-state index contributed by atoms with van der Waals surface area (Å²) >= 11 is 1.20. The highest BCUT2D eigenvalue weighted by Crippen LogP contribution is 2.18. The number of nitrogens with one attached hydrogen (secondary N) is 1. The molecule has 2 aromatic rings. The second-order valence-electron chi connectivity index (χ2n) is 4.15. The van der Waals surface area contributed by atoms with Crippen LogP contribution in [0.5, 0.6) is 0 Å². The third-order valence-electron chi connectivity index (χ3n) is 2.70. The molecule has 6 heteroatoms. The Hall–Kier alpha value is -2.47. The van der Waals surface area contributed by atoms with Crippen molar-refractivity contribution in [3.63, 3.8) is 0 Å². The lowest BCUT2D eigenvalue weighted by molar-refractivity contribution is -0.131. The molecule has 0 aliphatic rings. The van der Waals surface area contributed by atoms with Crippen LogP contribution in [0.2, 0.25) is 0 Å². The number of thiophene rings is 1. The third kappa shape index (κ3) is 4.00. The average Bonchev–Trinajstić information content (AvgIpc) is 2.92. The van der Waals surface area contributed by atoms with Gasteiger partial charge in [0.2, 0.25) is 0 Å². The van der Waals surface area contributed by atoms with Crippen molar-refractivity contribution in [1.29, 1.82) is 0 Å². The Balaban J connectivity index is 2.06. The molecule has 0 radical (unpaired) electrons. The third-order valence-corrected chi connectivity index (χ3v) is 3.63. The van der Waals surface area contributed by atoms with Crippen LogP contribution in [0.15, 0.2) is 41.8 Å². The van der Waals surface area contributed by atoms with E-state index < -0.39 is 5.97 Å². The molecular formula is C15H12FNO3S. The van der Waals surface area contributed by atoms with E-state index in [1.807, 2.05) is 0 Å². The number of carbonyl (C=O) groups excluding carboxylic acids is 1. The van der Waals surface area contributed by atoms with E-state index in [0.29, 0.717) is 16.0 Å². The molecule has 0 aliphatic carbocycles. The summed E-state index contributed by atoms with van der Waals surface area (Å²) in [6.07, 6.45) is 2.33. The molecule has 4 nitrogen and oxygen atoms in total. The molecular weight excluding hydrogens is 293 g/mol. The fourth-order valence-corrected chi connectivity index (χ4v) is 2.50. The first-order valence-electron chi connectivity index (χ1n) is 6.08. The topological polar surface area (TPSA) is 66.4 Å². The van der Waals surface area contributed by atoms with Gasteiger partial charge in [0.25, 0.3) is 5.91 Å². The summed E-state index contributed by atoms with van der Waals surface area (Å²) in [5.41, 5.74) is 0.915. The summed E-state index contributed by atoms with van der Waals surface area (Å²) < 4.78 is 13.4. The molecule has 0 saturated heterocycles. The summed E-state index contributed by atoms with van der Waals surface area (Å²) in [5.74, 6) is -1.83. The summed E-state index contributed by atoms with van der Waals surface area (Å²) in [5, 5.41) is 12.9. The first-order chi connectivity index (χ1) is 10.1. The van der Waals surface area contributed by atoms with Crippen LogP contribution in [0.1, 0.15) is 20.8 Å². The highest BCUT2D eigenvalue weighted by molar-refractivity contribution is 7.12. The fourth-order valence-electron chi connectivity index (χ4n) is 1.69. The summed E-state index contributed by atoms with van der Waals surface area (Å²) in [6.45, 7) is 0.0749. The maximum absolute atomic E-state index is 13.4. The summed E-state index contributed by atoms with van der Waals surface area (Å²) in [4.78, 5) is 22.9. The molecule has 1 amide bonds. The minimum Gasteiger partial charge on any atom is -0.478 e. The average molecular weight is 305 g/mol. The van der Waals surface area contributed by atoms with Gasteiger partial charge in [0.1, 0.15) is 5.82 Å². The maximum Gasteiger partial charge on any atom is 0.328 e. The van der Waals surface area contributed by atoms with E-state index in [2.05, 4.69) is 5.32 Å². The highest BCUT2D eigenvalue weighted by Gasteiger charge is 2.12. The molecule has 1 heterocycles. The molecule has 2 N–H and O–H groups in total. The number of hydrogen-bond acceptors (Lipinski definition) is 3. The lowest BCUT2D eigenvalue weighted by Crippen LogP contribution is -2.23. The Morgan fingerprint density at radius 2 is 2.05 bits per heavy atom. The first kappa shape index (κ1) is 14.9. The van der Waals surface area contributed by atoms with Crippen molar-refractivity contribution >= 4 is 29.3 Å². The maximum atomic E-state index is 13.4. The van der Waals surface area contributed by atoms with Crippen LogP contribution in [0.3, 0.4) is 0 Å². The zero-order chi connectivity index (χ0) is 15.2. The number of amides is 1. The Labute approximate surface area is 124 Å². The Morgan fingerprint density at radius 1 is 1.29 bits per heavy atom. The predicted octanol–water partition coefficient (Wildman–Crippen LogP) is 2.92. The molecule has 0 aliphatic heterocycles. The summed E-state index contributed by atoms with van der Waals surface area (Å²) in [7, 11) is 0. The molecule has 21 heavy (non-hydrogen) atoms.